The molecule has 1 fully saturated rings. The average molecular weight is 347 g/mol. The van der Waals surface area contributed by atoms with E-state index in [1.54, 1.807) is 7.11 Å². The summed E-state index contributed by atoms with van der Waals surface area (Å²) < 4.78 is 5.45. The number of rotatable bonds is 6. The Hall–Kier alpha value is -0.0700. The van der Waals surface area contributed by atoms with Gasteiger partial charge in [-0.3, -0.25) is 11.3 Å². The Morgan fingerprint density at radius 3 is 2.86 bits per heavy atom. The van der Waals surface area contributed by atoms with Crippen LogP contribution in [0.2, 0.25) is 5.02 Å². The van der Waals surface area contributed by atoms with E-state index in [4.69, 9.17) is 22.2 Å². The van der Waals surface area contributed by atoms with Crippen molar-refractivity contribution in [1.29, 1.82) is 0 Å². The van der Waals surface area contributed by atoms with Gasteiger partial charge in [0, 0.05) is 33.1 Å². The first-order chi connectivity index (χ1) is 10.2. The second-order valence-corrected chi connectivity index (χ2v) is 8.16. The van der Waals surface area contributed by atoms with Crippen LogP contribution in [-0.2, 0) is 6.42 Å². The van der Waals surface area contributed by atoms with Gasteiger partial charge < -0.3 is 4.74 Å². The first kappa shape index (κ1) is 17.3. The maximum atomic E-state index is 6.13. The van der Waals surface area contributed by atoms with Crippen molar-refractivity contribution in [3.8, 4) is 5.75 Å². The van der Waals surface area contributed by atoms with Crippen LogP contribution < -0.4 is 16.0 Å². The zero-order valence-corrected chi connectivity index (χ0v) is 14.9. The molecule has 0 saturated carbocycles. The van der Waals surface area contributed by atoms with Crippen LogP contribution in [-0.4, -0.2) is 35.2 Å². The van der Waals surface area contributed by atoms with Crippen molar-refractivity contribution < 1.29 is 4.74 Å². The Balaban J connectivity index is 2.16. The van der Waals surface area contributed by atoms with Gasteiger partial charge in [-0.15, -0.1) is 0 Å². The van der Waals surface area contributed by atoms with Crippen LogP contribution in [0.25, 0.3) is 0 Å². The summed E-state index contributed by atoms with van der Waals surface area (Å²) >= 11 is 10.2. The molecular weight excluding hydrogens is 324 g/mol. The van der Waals surface area contributed by atoms with Crippen LogP contribution in [0.15, 0.2) is 18.2 Å². The highest BCUT2D eigenvalue weighted by atomic mass is 35.5. The molecule has 3 unspecified atom stereocenters. The van der Waals surface area contributed by atoms with Crippen LogP contribution in [0.1, 0.15) is 18.9 Å². The summed E-state index contributed by atoms with van der Waals surface area (Å²) in [6.07, 6.45) is 2.00. The molecule has 1 aromatic carbocycles. The normalized spacial score (nSPS) is 23.8. The average Bonchev–Trinajstić information content (AvgIpc) is 2.52. The van der Waals surface area contributed by atoms with Crippen LogP contribution in [0.5, 0.6) is 5.75 Å². The van der Waals surface area contributed by atoms with Crippen molar-refractivity contribution in [1.82, 2.24) is 5.43 Å². The third-order valence-corrected chi connectivity index (χ3v) is 7.43. The van der Waals surface area contributed by atoms with Crippen LogP contribution in [0, 0.1) is 0 Å². The van der Waals surface area contributed by atoms with E-state index < -0.39 is 0 Å². The van der Waals surface area contributed by atoms with Crippen LogP contribution in [0.3, 0.4) is 0 Å². The van der Waals surface area contributed by atoms with E-state index in [0.717, 1.165) is 22.8 Å². The monoisotopic (exact) mass is 346 g/mol. The molecule has 1 heterocycles. The van der Waals surface area contributed by atoms with Gasteiger partial charge in [0.2, 0.25) is 0 Å². The van der Waals surface area contributed by atoms with Gasteiger partial charge >= 0.3 is 0 Å². The highest BCUT2D eigenvalue weighted by Crippen LogP contribution is 2.36. The summed E-state index contributed by atoms with van der Waals surface area (Å²) in [5.74, 6) is 9.15. The van der Waals surface area contributed by atoms with Gasteiger partial charge in [0.25, 0.3) is 0 Å². The van der Waals surface area contributed by atoms with Gasteiger partial charge in [-0.1, -0.05) is 18.5 Å². The van der Waals surface area contributed by atoms with Gasteiger partial charge in [0.15, 0.2) is 0 Å². The molecule has 1 aromatic rings. The number of benzene rings is 1. The lowest BCUT2D eigenvalue weighted by atomic mass is 10.00. The molecule has 21 heavy (non-hydrogen) atoms. The fourth-order valence-corrected chi connectivity index (χ4v) is 6.16. The first-order valence-corrected chi connectivity index (χ1v) is 9.68. The number of halogens is 1. The number of ether oxygens (including phenoxy) is 1. The Morgan fingerprint density at radius 1 is 1.43 bits per heavy atom. The quantitative estimate of drug-likeness (QED) is 0.611. The van der Waals surface area contributed by atoms with Crippen molar-refractivity contribution in [2.45, 2.75) is 36.3 Å². The lowest BCUT2D eigenvalue weighted by Gasteiger charge is -2.35. The number of nitrogens with two attached hydrogens (primary N) is 1. The molecule has 6 heteroatoms. The lowest BCUT2D eigenvalue weighted by Crippen LogP contribution is -2.49. The number of thioether (sulfide) groups is 2. The maximum absolute atomic E-state index is 6.13. The SMILES string of the molecule is CCC1SCCSC1C(Cc1cc(Cl)ccc1OC)NN. The lowest BCUT2D eigenvalue weighted by molar-refractivity contribution is 0.403. The zero-order chi connectivity index (χ0) is 15.2. The van der Waals surface area contributed by atoms with Gasteiger partial charge in [0.05, 0.1) is 7.11 Å². The Morgan fingerprint density at radius 2 is 2.19 bits per heavy atom. The second-order valence-electron chi connectivity index (χ2n) is 5.09. The standard InChI is InChI=1S/C15H23ClN2OS2/c1-3-14-15(21-7-6-20-14)12(18-17)9-10-8-11(16)4-5-13(10)19-2/h4-5,8,12,14-15,18H,3,6-7,9,17H2,1-2H3. The Kier molecular flexibility index (Phi) is 7.02. The predicted octanol–water partition coefficient (Wildman–Crippen LogP) is 3.35. The third kappa shape index (κ3) is 4.45. The van der Waals surface area contributed by atoms with Crippen molar-refractivity contribution in [3.05, 3.63) is 28.8 Å². The molecule has 3 N–H and O–H groups in total. The molecule has 0 radical (unpaired) electrons. The summed E-state index contributed by atoms with van der Waals surface area (Å²) in [6, 6.07) is 5.98. The summed E-state index contributed by atoms with van der Waals surface area (Å²) in [4.78, 5) is 0. The molecule has 0 aliphatic carbocycles. The highest BCUT2D eigenvalue weighted by Gasteiger charge is 2.32. The molecule has 3 nitrogen and oxygen atoms in total. The van der Waals surface area contributed by atoms with Crippen LogP contribution in [0.4, 0.5) is 0 Å². The third-order valence-electron chi connectivity index (χ3n) is 3.79. The molecule has 1 aliphatic heterocycles. The van der Waals surface area contributed by atoms with E-state index in [9.17, 15) is 0 Å². The van der Waals surface area contributed by atoms with Crippen molar-refractivity contribution in [2.24, 2.45) is 5.84 Å². The number of hydrogen-bond acceptors (Lipinski definition) is 5. The van der Waals surface area contributed by atoms with Gasteiger partial charge in [0.1, 0.15) is 5.75 Å². The highest BCUT2D eigenvalue weighted by molar-refractivity contribution is 8.07. The van der Waals surface area contributed by atoms with E-state index in [2.05, 4.69) is 24.1 Å². The van der Waals surface area contributed by atoms with Crippen molar-refractivity contribution in [3.63, 3.8) is 0 Å². The smallest absolute Gasteiger partial charge is 0.122 e. The molecule has 0 amide bonds. The molecule has 1 saturated heterocycles. The number of nitrogens with one attached hydrogen (secondary N) is 1. The molecule has 3 atom stereocenters. The summed E-state index contributed by atoms with van der Waals surface area (Å²) in [5, 5.41) is 1.90. The topological polar surface area (TPSA) is 47.3 Å². The first-order valence-electron chi connectivity index (χ1n) is 7.21. The van der Waals surface area contributed by atoms with Gasteiger partial charge in [-0.2, -0.15) is 23.5 Å². The molecule has 0 aromatic heterocycles. The molecule has 2 rings (SSSR count). The van der Waals surface area contributed by atoms with E-state index in [0.29, 0.717) is 10.5 Å². The van der Waals surface area contributed by atoms with E-state index >= 15 is 0 Å². The maximum Gasteiger partial charge on any atom is 0.122 e. The molecular formula is C15H23ClN2OS2. The zero-order valence-electron chi connectivity index (χ0n) is 12.5. The van der Waals surface area contributed by atoms with Gasteiger partial charge in [-0.25, -0.2) is 0 Å². The van der Waals surface area contributed by atoms with Gasteiger partial charge in [-0.05, 0) is 36.6 Å². The summed E-state index contributed by atoms with van der Waals surface area (Å²) in [6.45, 7) is 2.25. The Bertz CT molecular complexity index is 461. The van der Waals surface area contributed by atoms with E-state index in [1.165, 1.54) is 17.9 Å². The number of methoxy groups -OCH3 is 1. The van der Waals surface area contributed by atoms with E-state index in [1.807, 2.05) is 30.0 Å². The van der Waals surface area contributed by atoms with E-state index in [-0.39, 0.29) is 6.04 Å². The summed E-state index contributed by atoms with van der Waals surface area (Å²) in [5.41, 5.74) is 4.13. The van der Waals surface area contributed by atoms with Crippen molar-refractivity contribution in [2.75, 3.05) is 18.6 Å². The molecule has 118 valence electrons. The molecule has 0 spiro atoms. The fraction of sp³-hybridized carbons (Fsp3) is 0.600. The molecule has 1 aliphatic rings. The number of hydrogen-bond donors (Lipinski definition) is 2. The minimum atomic E-state index is 0.222. The minimum Gasteiger partial charge on any atom is -0.496 e. The predicted molar refractivity (Wildman–Crippen MR) is 95.6 cm³/mol. The number of hydrazine groups is 1. The summed E-state index contributed by atoms with van der Waals surface area (Å²) in [7, 11) is 1.69. The van der Waals surface area contributed by atoms with Crippen molar-refractivity contribution >= 4 is 35.1 Å². The second kappa shape index (κ2) is 8.53. The van der Waals surface area contributed by atoms with Crippen LogP contribution >= 0.6 is 35.1 Å². The fourth-order valence-electron chi connectivity index (χ4n) is 2.72. The minimum absolute atomic E-state index is 0.222. The largest absolute Gasteiger partial charge is 0.496 e. The molecule has 0 bridgehead atoms. The Labute approximate surface area is 140 Å².